The van der Waals surface area contributed by atoms with Crippen LogP contribution in [0.3, 0.4) is 0 Å². The van der Waals surface area contributed by atoms with E-state index in [4.69, 9.17) is 4.42 Å². The highest BCUT2D eigenvalue weighted by molar-refractivity contribution is 7.13. The number of quaternary nitrogens is 1. The average Bonchev–Trinajstić information content (AvgIpc) is 3.34. The quantitative estimate of drug-likeness (QED) is 0.536. The Bertz CT molecular complexity index is 895. The molecule has 0 radical (unpaired) electrons. The van der Waals surface area contributed by atoms with Gasteiger partial charge in [0.1, 0.15) is 0 Å². The molecule has 3 amide bonds. The minimum atomic E-state index is -0.551. The van der Waals surface area contributed by atoms with E-state index < -0.39 is 6.03 Å². The van der Waals surface area contributed by atoms with Crippen LogP contribution in [0, 0.1) is 0 Å². The summed E-state index contributed by atoms with van der Waals surface area (Å²) in [6, 6.07) is 12.2. The number of urea groups is 1. The predicted octanol–water partition coefficient (Wildman–Crippen LogP) is 1.94. The molecule has 1 unspecified atom stereocenters. The number of thiophene rings is 1. The third kappa shape index (κ3) is 5.73. The number of para-hydroxylation sites is 1. The van der Waals surface area contributed by atoms with Gasteiger partial charge in [-0.3, -0.25) is 10.1 Å². The van der Waals surface area contributed by atoms with Gasteiger partial charge in [-0.25, -0.2) is 4.79 Å². The summed E-state index contributed by atoms with van der Waals surface area (Å²) >= 11 is 1.53. The Morgan fingerprint density at radius 1 is 1.14 bits per heavy atom. The molecule has 3 aromatic rings. The van der Waals surface area contributed by atoms with E-state index in [9.17, 15) is 9.59 Å². The molecule has 0 bridgehead atoms. The summed E-state index contributed by atoms with van der Waals surface area (Å²) < 4.78 is 5.70. The van der Waals surface area contributed by atoms with Gasteiger partial charge >= 0.3 is 6.03 Å². The smallest absolute Gasteiger partial charge is 0.326 e. The van der Waals surface area contributed by atoms with Crippen LogP contribution in [0.15, 0.2) is 52.3 Å². The fourth-order valence-electron chi connectivity index (χ4n) is 2.71. The standard InChI is InChI=1S/C19H21N5O3S/c1-2-10-24(13-17-22-23-18(27-17)15-9-6-11-28-15)12-16(25)21-19(26)20-14-7-4-3-5-8-14/h3-9,11H,2,10,12-13H2,1H3,(H2,20,21,25,26)/p+1. The highest BCUT2D eigenvalue weighted by Gasteiger charge is 2.20. The molecule has 0 saturated heterocycles. The summed E-state index contributed by atoms with van der Waals surface area (Å²) in [5.41, 5.74) is 0.623. The van der Waals surface area contributed by atoms with Crippen molar-refractivity contribution in [3.05, 3.63) is 53.7 Å². The van der Waals surface area contributed by atoms with Gasteiger partial charge in [0.25, 0.3) is 17.7 Å². The summed E-state index contributed by atoms with van der Waals surface area (Å²) in [5, 5.41) is 15.1. The fourth-order valence-corrected chi connectivity index (χ4v) is 3.36. The molecule has 0 saturated carbocycles. The number of aromatic nitrogens is 2. The van der Waals surface area contributed by atoms with Gasteiger partial charge in [0, 0.05) is 5.69 Å². The first-order valence-electron chi connectivity index (χ1n) is 8.99. The van der Waals surface area contributed by atoms with Crippen molar-refractivity contribution in [1.29, 1.82) is 0 Å². The molecular formula is C19H22N5O3S+. The number of benzene rings is 1. The number of amides is 3. The van der Waals surface area contributed by atoms with Crippen molar-refractivity contribution in [2.75, 3.05) is 18.4 Å². The van der Waals surface area contributed by atoms with Crippen LogP contribution in [0.5, 0.6) is 0 Å². The Morgan fingerprint density at radius 3 is 2.68 bits per heavy atom. The number of anilines is 1. The van der Waals surface area contributed by atoms with Crippen molar-refractivity contribution < 1.29 is 18.9 Å². The molecule has 28 heavy (non-hydrogen) atoms. The van der Waals surface area contributed by atoms with E-state index in [1.165, 1.54) is 11.3 Å². The maximum Gasteiger partial charge on any atom is 0.326 e. The van der Waals surface area contributed by atoms with Crippen LogP contribution in [0.1, 0.15) is 19.2 Å². The molecule has 2 heterocycles. The van der Waals surface area contributed by atoms with E-state index in [0.717, 1.165) is 22.7 Å². The summed E-state index contributed by atoms with van der Waals surface area (Å²) in [4.78, 5) is 26.1. The highest BCUT2D eigenvalue weighted by Crippen LogP contribution is 2.22. The van der Waals surface area contributed by atoms with Gasteiger partial charge in [0.2, 0.25) is 0 Å². The summed E-state index contributed by atoms with van der Waals surface area (Å²) in [5.74, 6) is 0.579. The molecule has 1 atom stereocenters. The molecule has 0 spiro atoms. The first-order valence-corrected chi connectivity index (χ1v) is 9.87. The Morgan fingerprint density at radius 2 is 1.96 bits per heavy atom. The van der Waals surface area contributed by atoms with Crippen molar-refractivity contribution in [3.63, 3.8) is 0 Å². The number of nitrogens with one attached hydrogen (secondary N) is 3. The first-order chi connectivity index (χ1) is 13.6. The van der Waals surface area contributed by atoms with Crippen LogP contribution < -0.4 is 15.5 Å². The van der Waals surface area contributed by atoms with Gasteiger partial charge in [-0.2, -0.15) is 0 Å². The highest BCUT2D eigenvalue weighted by atomic mass is 32.1. The maximum absolute atomic E-state index is 12.3. The van der Waals surface area contributed by atoms with E-state index in [1.807, 2.05) is 30.5 Å². The summed E-state index contributed by atoms with van der Waals surface area (Å²) in [6.07, 6.45) is 0.880. The van der Waals surface area contributed by atoms with Crippen molar-refractivity contribution in [1.82, 2.24) is 15.5 Å². The monoisotopic (exact) mass is 400 g/mol. The first kappa shape index (κ1) is 19.7. The average molecular weight is 400 g/mol. The van der Waals surface area contributed by atoms with Crippen LogP contribution in [-0.4, -0.2) is 35.2 Å². The van der Waals surface area contributed by atoms with E-state index in [0.29, 0.717) is 24.0 Å². The van der Waals surface area contributed by atoms with Gasteiger partial charge in [-0.15, -0.1) is 21.5 Å². The zero-order chi connectivity index (χ0) is 19.8. The van der Waals surface area contributed by atoms with Crippen molar-refractivity contribution >= 4 is 29.0 Å². The lowest BCUT2D eigenvalue weighted by atomic mass is 10.3. The Kier molecular flexibility index (Phi) is 6.88. The summed E-state index contributed by atoms with van der Waals surface area (Å²) in [7, 11) is 0. The van der Waals surface area contributed by atoms with Gasteiger partial charge in [0.15, 0.2) is 13.1 Å². The lowest BCUT2D eigenvalue weighted by Crippen LogP contribution is -3.12. The van der Waals surface area contributed by atoms with Crippen molar-refractivity contribution in [2.24, 2.45) is 0 Å². The third-order valence-electron chi connectivity index (χ3n) is 3.90. The van der Waals surface area contributed by atoms with E-state index >= 15 is 0 Å². The molecule has 3 N–H and O–H groups in total. The van der Waals surface area contributed by atoms with E-state index in [1.54, 1.807) is 24.3 Å². The number of nitrogens with zero attached hydrogens (tertiary/aromatic N) is 2. The van der Waals surface area contributed by atoms with Crippen LogP contribution in [0.2, 0.25) is 0 Å². The molecule has 0 aliphatic heterocycles. The van der Waals surface area contributed by atoms with E-state index in [-0.39, 0.29) is 12.5 Å². The van der Waals surface area contributed by atoms with E-state index in [2.05, 4.69) is 20.8 Å². The molecule has 0 fully saturated rings. The number of rotatable bonds is 8. The number of hydrogen-bond donors (Lipinski definition) is 3. The van der Waals surface area contributed by atoms with Crippen molar-refractivity contribution in [3.8, 4) is 10.8 Å². The minimum absolute atomic E-state index is 0.132. The lowest BCUT2D eigenvalue weighted by Gasteiger charge is -2.16. The molecule has 0 aliphatic rings. The number of carbonyl (C=O) groups excluding carboxylic acids is 2. The van der Waals surface area contributed by atoms with Gasteiger partial charge in [-0.1, -0.05) is 31.2 Å². The Hall–Kier alpha value is -3.04. The Labute approximate surface area is 166 Å². The molecule has 1 aromatic carbocycles. The molecule has 8 nitrogen and oxygen atoms in total. The van der Waals surface area contributed by atoms with Crippen molar-refractivity contribution in [2.45, 2.75) is 19.9 Å². The fraction of sp³-hybridized carbons (Fsp3) is 0.263. The number of hydrogen-bond acceptors (Lipinski definition) is 6. The summed E-state index contributed by atoms with van der Waals surface area (Å²) in [6.45, 7) is 3.32. The molecule has 2 aromatic heterocycles. The largest absolute Gasteiger partial charge is 0.414 e. The molecule has 0 aliphatic carbocycles. The molecule has 146 valence electrons. The van der Waals surface area contributed by atoms with Gasteiger partial charge in [-0.05, 0) is 30.0 Å². The predicted molar refractivity (Wildman–Crippen MR) is 106 cm³/mol. The van der Waals surface area contributed by atoms with Crippen LogP contribution in [0.25, 0.3) is 10.8 Å². The second kappa shape index (κ2) is 9.77. The molecule has 9 heteroatoms. The third-order valence-corrected chi connectivity index (χ3v) is 4.76. The van der Waals surface area contributed by atoms with Crippen LogP contribution in [0.4, 0.5) is 10.5 Å². The Balaban J connectivity index is 1.53. The molecular weight excluding hydrogens is 378 g/mol. The SMILES string of the molecule is CCC[NH+](CC(=O)NC(=O)Nc1ccccc1)Cc1nnc(-c2cccs2)o1. The topological polar surface area (TPSA) is 102 Å². The van der Waals surface area contributed by atoms with Crippen LogP contribution in [-0.2, 0) is 11.3 Å². The van der Waals surface area contributed by atoms with Gasteiger partial charge < -0.3 is 14.6 Å². The number of carbonyl (C=O) groups is 2. The second-order valence-corrected chi connectivity index (χ2v) is 7.15. The van der Waals surface area contributed by atoms with Crippen LogP contribution >= 0.6 is 11.3 Å². The second-order valence-electron chi connectivity index (χ2n) is 6.20. The molecule has 3 rings (SSSR count). The minimum Gasteiger partial charge on any atom is -0.414 e. The maximum atomic E-state index is 12.3. The van der Waals surface area contributed by atoms with Gasteiger partial charge in [0.05, 0.1) is 11.4 Å². The normalized spacial score (nSPS) is 11.8. The zero-order valence-electron chi connectivity index (χ0n) is 15.5. The number of imide groups is 1. The lowest BCUT2D eigenvalue weighted by molar-refractivity contribution is -0.907. The zero-order valence-corrected chi connectivity index (χ0v) is 16.3.